The van der Waals surface area contributed by atoms with Gasteiger partial charge in [0.2, 0.25) is 5.91 Å². The molecule has 0 aliphatic heterocycles. The molecule has 18 heavy (non-hydrogen) atoms. The third-order valence-electron chi connectivity index (χ3n) is 2.49. The largest absolute Gasteiger partial charge is 0.353 e. The van der Waals surface area contributed by atoms with E-state index in [-0.39, 0.29) is 18.0 Å². The van der Waals surface area contributed by atoms with E-state index in [4.69, 9.17) is 5.26 Å². The maximum absolute atomic E-state index is 11.7. The zero-order valence-electron chi connectivity index (χ0n) is 11.0. The number of hydrogen-bond donors (Lipinski definition) is 2. The van der Waals surface area contributed by atoms with Crippen LogP contribution in [0.2, 0.25) is 0 Å². The molecule has 1 aromatic rings. The van der Waals surface area contributed by atoms with Crippen LogP contribution in [0.4, 0.5) is 0 Å². The smallest absolute Gasteiger partial charge is 0.237 e. The van der Waals surface area contributed by atoms with Crippen molar-refractivity contribution in [2.75, 3.05) is 0 Å². The van der Waals surface area contributed by atoms with Crippen LogP contribution in [0.5, 0.6) is 0 Å². The maximum atomic E-state index is 11.7. The number of nitrogens with one attached hydrogen (secondary N) is 2. The van der Waals surface area contributed by atoms with Crippen LogP contribution in [0.1, 0.15) is 31.9 Å². The summed E-state index contributed by atoms with van der Waals surface area (Å²) in [6.07, 6.45) is 0. The van der Waals surface area contributed by atoms with Crippen LogP contribution in [0.25, 0.3) is 0 Å². The van der Waals surface area contributed by atoms with Crippen molar-refractivity contribution in [3.8, 4) is 6.07 Å². The molecule has 1 unspecified atom stereocenters. The van der Waals surface area contributed by atoms with Crippen LogP contribution in [0, 0.1) is 11.3 Å². The molecule has 4 nitrogen and oxygen atoms in total. The molecule has 2 N–H and O–H groups in total. The Morgan fingerprint density at radius 3 is 2.72 bits per heavy atom. The minimum absolute atomic E-state index is 0.0126. The summed E-state index contributed by atoms with van der Waals surface area (Å²) >= 11 is 0. The fourth-order valence-electron chi connectivity index (χ4n) is 1.52. The van der Waals surface area contributed by atoms with Crippen LogP contribution in [-0.4, -0.2) is 18.0 Å². The van der Waals surface area contributed by atoms with Crippen molar-refractivity contribution >= 4 is 5.91 Å². The lowest BCUT2D eigenvalue weighted by atomic mass is 10.1. The number of nitrogens with zero attached hydrogens (tertiary/aromatic N) is 1. The van der Waals surface area contributed by atoms with E-state index in [9.17, 15) is 4.79 Å². The summed E-state index contributed by atoms with van der Waals surface area (Å²) in [4.78, 5) is 11.7. The highest BCUT2D eigenvalue weighted by Gasteiger charge is 2.12. The summed E-state index contributed by atoms with van der Waals surface area (Å²) < 4.78 is 0. The average Bonchev–Trinajstić information content (AvgIpc) is 2.35. The van der Waals surface area contributed by atoms with Crippen LogP contribution < -0.4 is 10.6 Å². The Kier molecular flexibility index (Phi) is 5.34. The molecule has 1 amide bonds. The molecule has 0 bridgehead atoms. The summed E-state index contributed by atoms with van der Waals surface area (Å²) in [6, 6.07) is 9.34. The quantitative estimate of drug-likeness (QED) is 0.827. The minimum atomic E-state index is -0.252. The second-order valence-electron chi connectivity index (χ2n) is 4.58. The van der Waals surface area contributed by atoms with E-state index in [0.717, 1.165) is 5.56 Å². The van der Waals surface area contributed by atoms with E-state index in [2.05, 4.69) is 16.7 Å². The first-order valence-corrected chi connectivity index (χ1v) is 6.05. The Bertz CT molecular complexity index is 449. The van der Waals surface area contributed by atoms with Gasteiger partial charge in [0.1, 0.15) is 0 Å². The van der Waals surface area contributed by atoms with Gasteiger partial charge >= 0.3 is 0 Å². The fraction of sp³-hybridized carbons (Fsp3) is 0.429. The molecular formula is C14H19N3O. The van der Waals surface area contributed by atoms with Gasteiger partial charge in [0.15, 0.2) is 0 Å². The van der Waals surface area contributed by atoms with Gasteiger partial charge in [-0.1, -0.05) is 12.1 Å². The second-order valence-corrected chi connectivity index (χ2v) is 4.58. The molecule has 96 valence electrons. The van der Waals surface area contributed by atoms with Crippen molar-refractivity contribution in [1.29, 1.82) is 5.26 Å². The zero-order chi connectivity index (χ0) is 13.5. The van der Waals surface area contributed by atoms with Crippen molar-refractivity contribution in [2.45, 2.75) is 39.4 Å². The van der Waals surface area contributed by atoms with E-state index in [0.29, 0.717) is 12.1 Å². The molecule has 0 spiro atoms. The maximum Gasteiger partial charge on any atom is 0.237 e. The number of nitriles is 1. The van der Waals surface area contributed by atoms with Gasteiger partial charge in [0, 0.05) is 12.6 Å². The highest BCUT2D eigenvalue weighted by molar-refractivity contribution is 5.81. The lowest BCUT2D eigenvalue weighted by molar-refractivity contribution is -0.123. The highest BCUT2D eigenvalue weighted by Crippen LogP contribution is 2.04. The van der Waals surface area contributed by atoms with Gasteiger partial charge in [0.25, 0.3) is 0 Å². The third-order valence-corrected chi connectivity index (χ3v) is 2.49. The van der Waals surface area contributed by atoms with Gasteiger partial charge in [-0.05, 0) is 38.5 Å². The number of benzene rings is 1. The zero-order valence-corrected chi connectivity index (χ0v) is 11.0. The summed E-state index contributed by atoms with van der Waals surface area (Å²) in [6.45, 7) is 6.26. The second kappa shape index (κ2) is 6.77. The fourth-order valence-corrected chi connectivity index (χ4v) is 1.52. The van der Waals surface area contributed by atoms with Crippen molar-refractivity contribution in [2.24, 2.45) is 0 Å². The number of hydrogen-bond acceptors (Lipinski definition) is 3. The monoisotopic (exact) mass is 245 g/mol. The molecule has 1 atom stereocenters. The van der Waals surface area contributed by atoms with Gasteiger partial charge in [0.05, 0.1) is 17.7 Å². The summed E-state index contributed by atoms with van der Waals surface area (Å²) in [5.41, 5.74) is 1.63. The predicted molar refractivity (Wildman–Crippen MR) is 70.7 cm³/mol. The van der Waals surface area contributed by atoms with Gasteiger partial charge in [-0.2, -0.15) is 5.26 Å². The Hall–Kier alpha value is -1.86. The molecule has 0 aliphatic rings. The van der Waals surface area contributed by atoms with Crippen LogP contribution in [0.15, 0.2) is 24.3 Å². The Labute approximate surface area is 108 Å². The summed E-state index contributed by atoms with van der Waals surface area (Å²) in [7, 11) is 0. The van der Waals surface area contributed by atoms with Gasteiger partial charge in [-0.15, -0.1) is 0 Å². The lowest BCUT2D eigenvalue weighted by Crippen LogP contribution is -2.44. The van der Waals surface area contributed by atoms with Crippen LogP contribution in [0.3, 0.4) is 0 Å². The van der Waals surface area contributed by atoms with E-state index < -0.39 is 0 Å². The van der Waals surface area contributed by atoms with Gasteiger partial charge < -0.3 is 10.6 Å². The molecule has 0 heterocycles. The summed E-state index contributed by atoms with van der Waals surface area (Å²) in [5.74, 6) is -0.0126. The molecule has 0 aromatic heterocycles. The molecule has 0 radical (unpaired) electrons. The standard InChI is InChI=1S/C14H19N3O/c1-10(2)17-14(18)11(3)16-9-13-6-4-5-12(7-13)8-15/h4-7,10-11,16H,9H2,1-3H3,(H,17,18). The van der Waals surface area contributed by atoms with E-state index >= 15 is 0 Å². The molecular weight excluding hydrogens is 226 g/mol. The molecule has 0 saturated carbocycles. The Morgan fingerprint density at radius 2 is 2.11 bits per heavy atom. The first-order valence-electron chi connectivity index (χ1n) is 6.05. The number of carbonyl (C=O) groups excluding carboxylic acids is 1. The van der Waals surface area contributed by atoms with Crippen molar-refractivity contribution in [1.82, 2.24) is 10.6 Å². The molecule has 0 saturated heterocycles. The van der Waals surface area contributed by atoms with E-state index in [1.165, 1.54) is 0 Å². The highest BCUT2D eigenvalue weighted by atomic mass is 16.2. The van der Waals surface area contributed by atoms with Crippen molar-refractivity contribution < 1.29 is 4.79 Å². The Morgan fingerprint density at radius 1 is 1.39 bits per heavy atom. The molecule has 1 aromatic carbocycles. The first kappa shape index (κ1) is 14.2. The lowest BCUT2D eigenvalue weighted by Gasteiger charge is -2.16. The molecule has 0 aliphatic carbocycles. The summed E-state index contributed by atoms with van der Waals surface area (Å²) in [5, 5.41) is 14.8. The van der Waals surface area contributed by atoms with E-state index in [1.807, 2.05) is 39.0 Å². The normalized spacial score (nSPS) is 11.9. The topological polar surface area (TPSA) is 64.9 Å². The minimum Gasteiger partial charge on any atom is -0.353 e. The van der Waals surface area contributed by atoms with Crippen molar-refractivity contribution in [3.63, 3.8) is 0 Å². The first-order chi connectivity index (χ1) is 8.52. The Balaban J connectivity index is 2.49. The van der Waals surface area contributed by atoms with E-state index in [1.54, 1.807) is 6.07 Å². The van der Waals surface area contributed by atoms with Crippen LogP contribution >= 0.6 is 0 Å². The van der Waals surface area contributed by atoms with Gasteiger partial charge in [-0.3, -0.25) is 4.79 Å². The predicted octanol–water partition coefficient (Wildman–Crippen LogP) is 1.56. The SMILES string of the molecule is CC(C)NC(=O)C(C)NCc1cccc(C#N)c1. The van der Waals surface area contributed by atoms with Crippen molar-refractivity contribution in [3.05, 3.63) is 35.4 Å². The number of amides is 1. The average molecular weight is 245 g/mol. The molecule has 0 fully saturated rings. The van der Waals surface area contributed by atoms with Crippen LogP contribution in [-0.2, 0) is 11.3 Å². The number of rotatable bonds is 5. The third kappa shape index (κ3) is 4.56. The van der Waals surface area contributed by atoms with Gasteiger partial charge in [-0.25, -0.2) is 0 Å². The number of carbonyl (C=O) groups is 1. The molecule has 1 rings (SSSR count). The molecule has 4 heteroatoms.